The van der Waals surface area contributed by atoms with E-state index in [1.807, 2.05) is 0 Å². The number of likely N-dealkylation sites (N-methyl/N-ethyl adjacent to an activating group) is 1. The lowest BCUT2D eigenvalue weighted by molar-refractivity contribution is -0.141. The first-order chi connectivity index (χ1) is 12.0. The Morgan fingerprint density at radius 3 is 2.54 bits per heavy atom. The first kappa shape index (κ1) is 20.4. The highest BCUT2D eigenvalue weighted by molar-refractivity contribution is 5.96. The highest BCUT2D eigenvalue weighted by atomic mass is 16.6. The third-order valence-corrected chi connectivity index (χ3v) is 4.86. The molecule has 0 aromatic heterocycles. The van der Waals surface area contributed by atoms with Crippen LogP contribution in [-0.2, 0) is 14.3 Å². The predicted octanol–water partition coefficient (Wildman–Crippen LogP) is -0.660. The normalized spacial score (nSPS) is 27.5. The van der Waals surface area contributed by atoms with Gasteiger partial charge in [-0.05, 0) is 40.5 Å². The Hall–Kier alpha value is -1.87. The summed E-state index contributed by atoms with van der Waals surface area (Å²) in [6.45, 7) is 7.52. The summed E-state index contributed by atoms with van der Waals surface area (Å²) in [5, 5.41) is 18.1. The number of ether oxygens (including phenoxy) is 1. The summed E-state index contributed by atoms with van der Waals surface area (Å²) >= 11 is 0. The highest BCUT2D eigenvalue weighted by Crippen LogP contribution is 2.38. The first-order valence-corrected chi connectivity index (χ1v) is 8.95. The van der Waals surface area contributed by atoms with Crippen molar-refractivity contribution in [2.75, 3.05) is 20.1 Å². The number of nitrogens with zero attached hydrogens (tertiary/aromatic N) is 1. The Morgan fingerprint density at radius 1 is 1.46 bits per heavy atom. The van der Waals surface area contributed by atoms with Gasteiger partial charge in [-0.15, -0.1) is 0 Å². The number of rotatable bonds is 5. The van der Waals surface area contributed by atoms with Gasteiger partial charge in [0.15, 0.2) is 0 Å². The summed E-state index contributed by atoms with van der Waals surface area (Å²) in [4.78, 5) is 38.4. The fourth-order valence-electron chi connectivity index (χ4n) is 3.49. The number of hydrogen-bond acceptors (Lipinski definition) is 6. The minimum Gasteiger partial charge on any atom is -0.444 e. The number of nitrogens with one attached hydrogen (secondary N) is 3. The van der Waals surface area contributed by atoms with E-state index in [2.05, 4.69) is 16.0 Å². The van der Waals surface area contributed by atoms with E-state index < -0.39 is 29.4 Å². The maximum atomic E-state index is 12.8. The van der Waals surface area contributed by atoms with Crippen LogP contribution in [0, 0.1) is 0 Å². The quantitative estimate of drug-likeness (QED) is 0.477. The van der Waals surface area contributed by atoms with E-state index in [4.69, 9.17) is 4.74 Å². The molecule has 2 saturated heterocycles. The molecule has 9 nitrogen and oxygen atoms in total. The van der Waals surface area contributed by atoms with Gasteiger partial charge in [-0.25, -0.2) is 4.79 Å². The molecule has 148 valence electrons. The van der Waals surface area contributed by atoms with Gasteiger partial charge in [-0.2, -0.15) is 0 Å². The van der Waals surface area contributed by atoms with Crippen molar-refractivity contribution in [3.05, 3.63) is 0 Å². The largest absolute Gasteiger partial charge is 0.444 e. The number of carbonyl (C=O) groups is 3. The molecule has 2 unspecified atom stereocenters. The number of carbonyl (C=O) groups excluding carboxylic acids is 3. The zero-order chi connectivity index (χ0) is 19.7. The average molecular weight is 370 g/mol. The number of aliphatic hydroxyl groups excluding tert-OH is 1. The van der Waals surface area contributed by atoms with Crippen LogP contribution in [-0.4, -0.2) is 77.4 Å². The molecule has 0 aliphatic carbocycles. The summed E-state index contributed by atoms with van der Waals surface area (Å²) < 4.78 is 5.50. The van der Waals surface area contributed by atoms with E-state index in [0.29, 0.717) is 19.4 Å². The van der Waals surface area contributed by atoms with Gasteiger partial charge < -0.3 is 25.8 Å². The fraction of sp³-hybridized carbons (Fsp3) is 0.824. The average Bonchev–Trinajstić information content (AvgIpc) is 2.93. The minimum absolute atomic E-state index is 0.177. The standard InChI is InChI=1S/C17H30N4O5/c1-10(22)12(13(23)18-5)19-8-11-6-7-17(9-20-14(17)24)21(11)15(25)26-16(2,3)4/h10-12,19,22H,6-9H2,1-5H3,(H,18,23)(H,20,24)/t10-,11?,12+,17?/m1/s1. The van der Waals surface area contributed by atoms with Crippen LogP contribution >= 0.6 is 0 Å². The van der Waals surface area contributed by atoms with Crippen molar-refractivity contribution in [2.24, 2.45) is 0 Å². The SMILES string of the molecule is CNC(=O)[C@@H](NCC1CCC2(CNC2=O)N1C(=O)OC(C)(C)C)[C@@H](C)O. The van der Waals surface area contributed by atoms with Crippen molar-refractivity contribution >= 4 is 17.9 Å². The molecule has 4 N–H and O–H groups in total. The summed E-state index contributed by atoms with van der Waals surface area (Å²) in [6.07, 6.45) is -0.276. The molecule has 0 saturated carbocycles. The molecule has 2 fully saturated rings. The lowest BCUT2D eigenvalue weighted by atomic mass is 9.88. The maximum absolute atomic E-state index is 12.8. The van der Waals surface area contributed by atoms with Crippen LogP contribution in [0.2, 0.25) is 0 Å². The van der Waals surface area contributed by atoms with E-state index in [-0.39, 0.29) is 24.4 Å². The first-order valence-electron chi connectivity index (χ1n) is 8.95. The number of amides is 3. The molecule has 0 aromatic carbocycles. The molecule has 0 bridgehead atoms. The molecular formula is C17H30N4O5. The van der Waals surface area contributed by atoms with Crippen molar-refractivity contribution in [2.45, 2.75) is 69.9 Å². The Balaban J connectivity index is 2.14. The molecular weight excluding hydrogens is 340 g/mol. The molecule has 2 aliphatic rings. The Morgan fingerprint density at radius 2 is 2.12 bits per heavy atom. The van der Waals surface area contributed by atoms with Gasteiger partial charge in [-0.3, -0.25) is 14.5 Å². The molecule has 2 heterocycles. The molecule has 0 radical (unpaired) electrons. The maximum Gasteiger partial charge on any atom is 0.411 e. The summed E-state index contributed by atoms with van der Waals surface area (Å²) in [7, 11) is 1.50. The summed E-state index contributed by atoms with van der Waals surface area (Å²) in [5.74, 6) is -0.512. The van der Waals surface area contributed by atoms with Crippen LogP contribution in [0.5, 0.6) is 0 Å². The van der Waals surface area contributed by atoms with Gasteiger partial charge in [0.25, 0.3) is 0 Å². The monoisotopic (exact) mass is 370 g/mol. The summed E-state index contributed by atoms with van der Waals surface area (Å²) in [5.41, 5.74) is -1.55. The molecule has 0 aromatic rings. The molecule has 4 atom stereocenters. The van der Waals surface area contributed by atoms with Crippen LogP contribution in [0.4, 0.5) is 4.79 Å². The van der Waals surface area contributed by atoms with E-state index in [0.717, 1.165) is 0 Å². The predicted molar refractivity (Wildman–Crippen MR) is 94.4 cm³/mol. The lowest BCUT2D eigenvalue weighted by Gasteiger charge is -2.46. The third-order valence-electron chi connectivity index (χ3n) is 4.86. The van der Waals surface area contributed by atoms with Gasteiger partial charge >= 0.3 is 6.09 Å². The van der Waals surface area contributed by atoms with Crippen molar-refractivity contribution in [3.8, 4) is 0 Å². The molecule has 26 heavy (non-hydrogen) atoms. The van der Waals surface area contributed by atoms with Crippen LogP contribution in [0.15, 0.2) is 0 Å². The Labute approximate surface area is 153 Å². The van der Waals surface area contributed by atoms with Crippen molar-refractivity contribution in [3.63, 3.8) is 0 Å². The zero-order valence-corrected chi connectivity index (χ0v) is 16.1. The molecule has 9 heteroatoms. The van der Waals surface area contributed by atoms with Crippen molar-refractivity contribution in [1.29, 1.82) is 0 Å². The van der Waals surface area contributed by atoms with Crippen molar-refractivity contribution < 1.29 is 24.2 Å². The second-order valence-electron chi connectivity index (χ2n) is 8.00. The van der Waals surface area contributed by atoms with Crippen LogP contribution in [0.25, 0.3) is 0 Å². The van der Waals surface area contributed by atoms with E-state index >= 15 is 0 Å². The number of hydrogen-bond donors (Lipinski definition) is 4. The Bertz CT molecular complexity index is 574. The lowest BCUT2D eigenvalue weighted by Crippen LogP contribution is -2.73. The zero-order valence-electron chi connectivity index (χ0n) is 16.1. The number of β-lactam (4-membered cyclic amide) rings is 1. The van der Waals surface area contributed by atoms with Crippen LogP contribution in [0.3, 0.4) is 0 Å². The van der Waals surface area contributed by atoms with Crippen molar-refractivity contribution in [1.82, 2.24) is 20.9 Å². The Kier molecular flexibility index (Phi) is 5.82. The van der Waals surface area contributed by atoms with Gasteiger partial charge in [0.1, 0.15) is 17.2 Å². The second kappa shape index (κ2) is 7.40. The highest BCUT2D eigenvalue weighted by Gasteiger charge is 2.59. The topological polar surface area (TPSA) is 120 Å². The van der Waals surface area contributed by atoms with Gasteiger partial charge in [0.05, 0.1) is 12.6 Å². The number of aliphatic hydroxyl groups is 1. The van der Waals surface area contributed by atoms with Gasteiger partial charge in [-0.1, -0.05) is 0 Å². The second-order valence-corrected chi connectivity index (χ2v) is 8.00. The minimum atomic E-state index is -0.896. The smallest absolute Gasteiger partial charge is 0.411 e. The number of likely N-dealkylation sites (tertiary alicyclic amines) is 1. The van der Waals surface area contributed by atoms with Crippen LogP contribution < -0.4 is 16.0 Å². The van der Waals surface area contributed by atoms with E-state index in [1.54, 1.807) is 20.8 Å². The summed E-state index contributed by atoms with van der Waals surface area (Å²) in [6, 6.07) is -1.10. The van der Waals surface area contributed by atoms with E-state index in [9.17, 15) is 19.5 Å². The molecule has 2 rings (SSSR count). The molecule has 2 aliphatic heterocycles. The van der Waals surface area contributed by atoms with Crippen LogP contribution in [0.1, 0.15) is 40.5 Å². The third kappa shape index (κ3) is 3.93. The molecule has 3 amide bonds. The van der Waals surface area contributed by atoms with Gasteiger partial charge in [0, 0.05) is 19.6 Å². The fourth-order valence-corrected chi connectivity index (χ4v) is 3.49. The molecule has 1 spiro atoms. The van der Waals surface area contributed by atoms with E-state index in [1.165, 1.54) is 18.9 Å². The van der Waals surface area contributed by atoms with Gasteiger partial charge in [0.2, 0.25) is 11.8 Å².